The second-order valence-electron chi connectivity index (χ2n) is 3.97. The molecule has 0 saturated carbocycles. The van der Waals surface area contributed by atoms with Gasteiger partial charge in [0.2, 0.25) is 0 Å². The highest BCUT2D eigenvalue weighted by Crippen LogP contribution is 2.30. The van der Waals surface area contributed by atoms with Crippen molar-refractivity contribution >= 4 is 11.3 Å². The van der Waals surface area contributed by atoms with Crippen molar-refractivity contribution in [3.05, 3.63) is 52.0 Å². The summed E-state index contributed by atoms with van der Waals surface area (Å²) in [6, 6.07) is 4.72. The van der Waals surface area contributed by atoms with Gasteiger partial charge in [0.05, 0.1) is 16.6 Å². The molecular weight excluding hydrogens is 275 g/mol. The van der Waals surface area contributed by atoms with Gasteiger partial charge in [-0.25, -0.2) is 4.98 Å². The number of hydrazine groups is 1. The van der Waals surface area contributed by atoms with E-state index in [1.54, 1.807) is 6.20 Å². The molecule has 1 unspecified atom stereocenters. The normalized spacial score (nSPS) is 13.5. The Morgan fingerprint density at radius 3 is 2.42 bits per heavy atom. The van der Waals surface area contributed by atoms with Gasteiger partial charge in [0.1, 0.15) is 0 Å². The summed E-state index contributed by atoms with van der Waals surface area (Å²) in [5.41, 5.74) is 2.63. The fourth-order valence-electron chi connectivity index (χ4n) is 1.71. The van der Waals surface area contributed by atoms with Gasteiger partial charge >= 0.3 is 6.18 Å². The maximum absolute atomic E-state index is 12.5. The van der Waals surface area contributed by atoms with Gasteiger partial charge in [-0.05, 0) is 17.7 Å². The summed E-state index contributed by atoms with van der Waals surface area (Å²) in [6.07, 6.45) is -2.10. The maximum atomic E-state index is 12.5. The van der Waals surface area contributed by atoms with Crippen molar-refractivity contribution in [2.24, 2.45) is 5.84 Å². The minimum atomic E-state index is -4.32. The molecule has 0 spiro atoms. The predicted molar refractivity (Wildman–Crippen MR) is 67.3 cm³/mol. The monoisotopic (exact) mass is 287 g/mol. The van der Waals surface area contributed by atoms with Crippen LogP contribution in [0.1, 0.15) is 22.2 Å². The molecule has 0 aliphatic carbocycles. The van der Waals surface area contributed by atoms with E-state index in [-0.39, 0.29) is 6.04 Å². The summed E-state index contributed by atoms with van der Waals surface area (Å²) < 4.78 is 37.4. The zero-order valence-electron chi connectivity index (χ0n) is 9.82. The van der Waals surface area contributed by atoms with E-state index < -0.39 is 11.7 Å². The fraction of sp³-hybridized carbons (Fsp3) is 0.250. The molecule has 0 bridgehead atoms. The number of thiazole rings is 1. The van der Waals surface area contributed by atoms with Crippen molar-refractivity contribution in [3.8, 4) is 0 Å². The molecule has 0 aliphatic heterocycles. The largest absolute Gasteiger partial charge is 0.416 e. The number of nitrogens with one attached hydrogen (secondary N) is 1. The Labute approximate surface area is 112 Å². The van der Waals surface area contributed by atoms with Crippen LogP contribution < -0.4 is 11.3 Å². The molecule has 19 heavy (non-hydrogen) atoms. The number of nitrogens with two attached hydrogens (primary N) is 1. The van der Waals surface area contributed by atoms with Crippen LogP contribution in [0.25, 0.3) is 0 Å². The van der Waals surface area contributed by atoms with E-state index in [2.05, 4.69) is 10.4 Å². The Bertz CT molecular complexity index is 508. The lowest BCUT2D eigenvalue weighted by Crippen LogP contribution is -2.29. The van der Waals surface area contributed by atoms with Gasteiger partial charge in [0, 0.05) is 18.0 Å². The Kier molecular flexibility index (Phi) is 4.18. The van der Waals surface area contributed by atoms with Gasteiger partial charge in [0.25, 0.3) is 0 Å². The van der Waals surface area contributed by atoms with Crippen LogP contribution in [0.4, 0.5) is 13.2 Å². The molecule has 1 atom stereocenters. The lowest BCUT2D eigenvalue weighted by atomic mass is 10.0. The average molecular weight is 287 g/mol. The van der Waals surface area contributed by atoms with Crippen LogP contribution in [0.15, 0.2) is 35.8 Å². The van der Waals surface area contributed by atoms with Crippen molar-refractivity contribution in [2.75, 3.05) is 0 Å². The number of benzene rings is 1. The molecule has 102 valence electrons. The van der Waals surface area contributed by atoms with Gasteiger partial charge in [0.15, 0.2) is 0 Å². The SMILES string of the molecule is NNC(Cc1nccs1)c1ccc(C(F)(F)F)cc1. The van der Waals surface area contributed by atoms with E-state index in [4.69, 9.17) is 5.84 Å². The maximum Gasteiger partial charge on any atom is 0.416 e. The smallest absolute Gasteiger partial charge is 0.271 e. The van der Waals surface area contributed by atoms with E-state index in [1.165, 1.54) is 23.5 Å². The molecule has 1 aromatic heterocycles. The van der Waals surface area contributed by atoms with Crippen LogP contribution in [0.5, 0.6) is 0 Å². The van der Waals surface area contributed by atoms with Crippen molar-refractivity contribution in [2.45, 2.75) is 18.6 Å². The molecule has 1 heterocycles. The lowest BCUT2D eigenvalue weighted by Gasteiger charge is -2.16. The Morgan fingerprint density at radius 2 is 1.95 bits per heavy atom. The molecule has 7 heteroatoms. The molecule has 2 rings (SSSR count). The standard InChI is InChI=1S/C12H12F3N3S/c13-12(14,15)9-3-1-8(2-4-9)10(18-16)7-11-17-5-6-19-11/h1-6,10,18H,7,16H2. The third-order valence-electron chi connectivity index (χ3n) is 2.70. The Balaban J connectivity index is 2.15. The number of aromatic nitrogens is 1. The van der Waals surface area contributed by atoms with Crippen LogP contribution in [0.3, 0.4) is 0 Å². The minimum Gasteiger partial charge on any atom is -0.271 e. The minimum absolute atomic E-state index is 0.256. The van der Waals surface area contributed by atoms with E-state index in [0.29, 0.717) is 12.0 Å². The Morgan fingerprint density at radius 1 is 1.26 bits per heavy atom. The lowest BCUT2D eigenvalue weighted by molar-refractivity contribution is -0.137. The number of hydrogen-bond donors (Lipinski definition) is 2. The van der Waals surface area contributed by atoms with Crippen LogP contribution >= 0.6 is 11.3 Å². The first-order valence-electron chi connectivity index (χ1n) is 5.52. The van der Waals surface area contributed by atoms with Crippen LogP contribution in [0.2, 0.25) is 0 Å². The van der Waals surface area contributed by atoms with Crippen molar-refractivity contribution in [3.63, 3.8) is 0 Å². The van der Waals surface area contributed by atoms with E-state index in [0.717, 1.165) is 17.1 Å². The molecule has 0 radical (unpaired) electrons. The number of alkyl halides is 3. The summed E-state index contributed by atoms with van der Waals surface area (Å²) in [5.74, 6) is 5.45. The molecule has 3 nitrogen and oxygen atoms in total. The van der Waals surface area contributed by atoms with Gasteiger partial charge in [-0.1, -0.05) is 12.1 Å². The molecular formula is C12H12F3N3S. The molecule has 0 aliphatic rings. The number of nitrogens with zero attached hydrogens (tertiary/aromatic N) is 1. The van der Waals surface area contributed by atoms with Gasteiger partial charge in [-0.2, -0.15) is 13.2 Å². The highest BCUT2D eigenvalue weighted by Gasteiger charge is 2.30. The second-order valence-corrected chi connectivity index (χ2v) is 4.95. The number of rotatable bonds is 4. The first-order valence-corrected chi connectivity index (χ1v) is 6.40. The van der Waals surface area contributed by atoms with Crippen molar-refractivity contribution in [1.82, 2.24) is 10.4 Å². The van der Waals surface area contributed by atoms with Gasteiger partial charge in [-0.3, -0.25) is 11.3 Å². The summed E-state index contributed by atoms with van der Waals surface area (Å²) in [5, 5.41) is 2.72. The fourth-order valence-corrected chi connectivity index (χ4v) is 2.37. The topological polar surface area (TPSA) is 50.9 Å². The summed E-state index contributed by atoms with van der Waals surface area (Å²) in [6.45, 7) is 0. The molecule has 0 fully saturated rings. The van der Waals surface area contributed by atoms with Crippen molar-refractivity contribution < 1.29 is 13.2 Å². The highest BCUT2D eigenvalue weighted by molar-refractivity contribution is 7.09. The molecule has 0 saturated heterocycles. The third-order valence-corrected chi connectivity index (χ3v) is 3.51. The molecule has 2 aromatic rings. The molecule has 3 N–H and O–H groups in total. The predicted octanol–water partition coefficient (Wildman–Crippen LogP) is 2.91. The van der Waals surface area contributed by atoms with E-state index >= 15 is 0 Å². The number of hydrogen-bond acceptors (Lipinski definition) is 4. The third kappa shape index (κ3) is 3.52. The van der Waals surface area contributed by atoms with Gasteiger partial charge in [-0.15, -0.1) is 11.3 Å². The van der Waals surface area contributed by atoms with E-state index in [9.17, 15) is 13.2 Å². The second kappa shape index (κ2) is 5.68. The Hall–Kier alpha value is -1.44. The highest BCUT2D eigenvalue weighted by atomic mass is 32.1. The van der Waals surface area contributed by atoms with Crippen LogP contribution in [-0.4, -0.2) is 4.98 Å². The van der Waals surface area contributed by atoms with Crippen LogP contribution in [0, 0.1) is 0 Å². The van der Waals surface area contributed by atoms with E-state index in [1.807, 2.05) is 5.38 Å². The zero-order chi connectivity index (χ0) is 13.9. The summed E-state index contributed by atoms with van der Waals surface area (Å²) in [4.78, 5) is 4.13. The zero-order valence-corrected chi connectivity index (χ0v) is 10.6. The molecule has 1 aromatic carbocycles. The first-order chi connectivity index (χ1) is 9.00. The average Bonchev–Trinajstić information content (AvgIpc) is 2.88. The number of halogens is 3. The van der Waals surface area contributed by atoms with Crippen LogP contribution in [-0.2, 0) is 12.6 Å². The summed E-state index contributed by atoms with van der Waals surface area (Å²) >= 11 is 1.48. The van der Waals surface area contributed by atoms with Gasteiger partial charge < -0.3 is 0 Å². The van der Waals surface area contributed by atoms with Crippen molar-refractivity contribution in [1.29, 1.82) is 0 Å². The summed E-state index contributed by atoms with van der Waals surface area (Å²) in [7, 11) is 0. The molecule has 0 amide bonds. The first kappa shape index (κ1) is 14.0. The quantitative estimate of drug-likeness (QED) is 0.671.